The second-order valence-electron chi connectivity index (χ2n) is 4.58. The fourth-order valence-electron chi connectivity index (χ4n) is 1.70. The summed E-state index contributed by atoms with van der Waals surface area (Å²) in [5.41, 5.74) is 0.273. The summed E-state index contributed by atoms with van der Waals surface area (Å²) in [6.07, 6.45) is 2.67. The zero-order valence-electron chi connectivity index (χ0n) is 12.3. The molecule has 9 heteroatoms. The van der Waals surface area contributed by atoms with E-state index in [1.807, 2.05) is 0 Å². The van der Waals surface area contributed by atoms with Crippen LogP contribution in [0, 0.1) is 11.3 Å². The summed E-state index contributed by atoms with van der Waals surface area (Å²) < 4.78 is 35.8. The van der Waals surface area contributed by atoms with Crippen LogP contribution in [-0.4, -0.2) is 18.9 Å². The van der Waals surface area contributed by atoms with E-state index < -0.39 is 16.0 Å². The minimum Gasteiger partial charge on any atom is -0.467 e. The quantitative estimate of drug-likeness (QED) is 0.411. The number of hydrogen-bond acceptors (Lipinski definition) is 6. The molecule has 2 rings (SSSR count). The number of amides is 1. The molecular formula is C15H13N3O5S. The van der Waals surface area contributed by atoms with E-state index in [0.717, 1.165) is 0 Å². The third kappa shape index (κ3) is 4.70. The standard InChI is InChI=1S/C15H13N3O5S/c16-8-11(15(19)18-10-13-2-1-7-23-13)9-17-12-3-5-14(6-4-12)24(20,21)22/h1-7,9,17H,10H2,(H,18,19)(H,20,21,22)/b11-9-. The Morgan fingerprint density at radius 1 is 1.29 bits per heavy atom. The molecule has 0 unspecified atom stereocenters. The molecule has 24 heavy (non-hydrogen) atoms. The third-order valence-electron chi connectivity index (χ3n) is 2.90. The lowest BCUT2D eigenvalue weighted by atomic mass is 10.2. The molecule has 1 heterocycles. The molecule has 3 N–H and O–H groups in total. The average Bonchev–Trinajstić information content (AvgIpc) is 3.06. The molecule has 1 aromatic heterocycles. The van der Waals surface area contributed by atoms with Gasteiger partial charge in [-0.3, -0.25) is 9.35 Å². The molecule has 2 aromatic rings. The predicted molar refractivity (Wildman–Crippen MR) is 84.1 cm³/mol. The second-order valence-corrected chi connectivity index (χ2v) is 6.00. The lowest BCUT2D eigenvalue weighted by molar-refractivity contribution is -0.117. The molecule has 0 radical (unpaired) electrons. The fourth-order valence-corrected chi connectivity index (χ4v) is 2.18. The van der Waals surface area contributed by atoms with E-state index in [4.69, 9.17) is 14.2 Å². The molecule has 0 aliphatic rings. The number of rotatable bonds is 6. The minimum absolute atomic E-state index is 0.147. The lowest BCUT2D eigenvalue weighted by Crippen LogP contribution is -2.24. The summed E-state index contributed by atoms with van der Waals surface area (Å²) in [6, 6.07) is 10.3. The van der Waals surface area contributed by atoms with Crippen molar-refractivity contribution in [2.45, 2.75) is 11.4 Å². The van der Waals surface area contributed by atoms with Gasteiger partial charge in [-0.2, -0.15) is 13.7 Å². The Labute approximate surface area is 138 Å². The number of carbonyl (C=O) groups is 1. The van der Waals surface area contributed by atoms with Gasteiger partial charge in [0.1, 0.15) is 17.4 Å². The van der Waals surface area contributed by atoms with E-state index >= 15 is 0 Å². The summed E-state index contributed by atoms with van der Waals surface area (Å²) in [7, 11) is -4.27. The van der Waals surface area contributed by atoms with Crippen LogP contribution in [-0.2, 0) is 21.5 Å². The van der Waals surface area contributed by atoms with Gasteiger partial charge in [0.2, 0.25) is 0 Å². The third-order valence-corrected chi connectivity index (χ3v) is 3.77. The van der Waals surface area contributed by atoms with Crippen LogP contribution in [0.2, 0.25) is 0 Å². The molecule has 8 nitrogen and oxygen atoms in total. The smallest absolute Gasteiger partial charge is 0.294 e. The minimum atomic E-state index is -4.27. The number of furan rings is 1. The molecule has 0 saturated heterocycles. The molecule has 1 aromatic carbocycles. The Hall–Kier alpha value is -3.09. The van der Waals surface area contributed by atoms with Gasteiger partial charge in [0.25, 0.3) is 16.0 Å². The Bertz CT molecular complexity index is 878. The van der Waals surface area contributed by atoms with E-state index in [0.29, 0.717) is 11.4 Å². The summed E-state index contributed by atoms with van der Waals surface area (Å²) in [5, 5.41) is 14.3. The highest BCUT2D eigenvalue weighted by atomic mass is 32.2. The topological polar surface area (TPSA) is 132 Å². The number of carbonyl (C=O) groups excluding carboxylic acids is 1. The van der Waals surface area contributed by atoms with Crippen molar-refractivity contribution in [1.29, 1.82) is 5.26 Å². The first kappa shape index (κ1) is 17.3. The largest absolute Gasteiger partial charge is 0.467 e. The van der Waals surface area contributed by atoms with Crippen LogP contribution in [0.3, 0.4) is 0 Å². The summed E-state index contributed by atoms with van der Waals surface area (Å²) in [6.45, 7) is 0.147. The molecule has 1 amide bonds. The fraction of sp³-hybridized carbons (Fsp3) is 0.0667. The Morgan fingerprint density at radius 3 is 2.54 bits per heavy atom. The van der Waals surface area contributed by atoms with E-state index in [2.05, 4.69) is 10.6 Å². The molecule has 0 aliphatic heterocycles. The van der Waals surface area contributed by atoms with Crippen LogP contribution in [0.5, 0.6) is 0 Å². The van der Waals surface area contributed by atoms with E-state index in [9.17, 15) is 13.2 Å². The van der Waals surface area contributed by atoms with Crippen molar-refractivity contribution in [2.75, 3.05) is 5.32 Å². The first-order valence-corrected chi connectivity index (χ1v) is 8.09. The van der Waals surface area contributed by atoms with Gasteiger partial charge in [0, 0.05) is 11.9 Å². The Kier molecular flexibility index (Phi) is 5.36. The van der Waals surface area contributed by atoms with E-state index in [-0.39, 0.29) is 17.0 Å². The van der Waals surface area contributed by atoms with Crippen LogP contribution in [0.4, 0.5) is 5.69 Å². The van der Waals surface area contributed by atoms with Crippen LogP contribution in [0.15, 0.2) is 63.7 Å². The van der Waals surface area contributed by atoms with Crippen molar-refractivity contribution in [3.05, 3.63) is 60.2 Å². The molecule has 0 fully saturated rings. The van der Waals surface area contributed by atoms with Crippen molar-refractivity contribution in [3.63, 3.8) is 0 Å². The normalized spacial score (nSPS) is 11.6. The second kappa shape index (κ2) is 7.45. The van der Waals surface area contributed by atoms with Crippen LogP contribution in [0.1, 0.15) is 5.76 Å². The number of anilines is 1. The number of nitrogens with zero attached hydrogens (tertiary/aromatic N) is 1. The highest BCUT2D eigenvalue weighted by molar-refractivity contribution is 7.85. The van der Waals surface area contributed by atoms with Crippen LogP contribution >= 0.6 is 0 Å². The van der Waals surface area contributed by atoms with Crippen LogP contribution < -0.4 is 10.6 Å². The van der Waals surface area contributed by atoms with Gasteiger partial charge in [0.15, 0.2) is 0 Å². The van der Waals surface area contributed by atoms with Crippen molar-refractivity contribution >= 4 is 21.7 Å². The Balaban J connectivity index is 2.00. The molecule has 0 aliphatic carbocycles. The van der Waals surface area contributed by atoms with Gasteiger partial charge >= 0.3 is 0 Å². The molecule has 0 bridgehead atoms. The molecule has 0 spiro atoms. The van der Waals surface area contributed by atoms with E-state index in [1.165, 1.54) is 36.7 Å². The lowest BCUT2D eigenvalue weighted by Gasteiger charge is -2.04. The summed E-state index contributed by atoms with van der Waals surface area (Å²) >= 11 is 0. The number of nitriles is 1. The first-order chi connectivity index (χ1) is 11.4. The van der Waals surface area contributed by atoms with Gasteiger partial charge in [-0.1, -0.05) is 0 Å². The van der Waals surface area contributed by atoms with Crippen LogP contribution in [0.25, 0.3) is 0 Å². The molecule has 0 saturated carbocycles. The monoisotopic (exact) mass is 347 g/mol. The first-order valence-electron chi connectivity index (χ1n) is 6.65. The number of hydrogen-bond donors (Lipinski definition) is 3. The summed E-state index contributed by atoms with van der Waals surface area (Å²) in [4.78, 5) is 11.6. The highest BCUT2D eigenvalue weighted by Gasteiger charge is 2.10. The zero-order chi connectivity index (χ0) is 17.6. The zero-order valence-corrected chi connectivity index (χ0v) is 13.1. The van der Waals surface area contributed by atoms with Gasteiger partial charge in [-0.25, -0.2) is 0 Å². The maximum Gasteiger partial charge on any atom is 0.294 e. The molecular weight excluding hydrogens is 334 g/mol. The van der Waals surface area contributed by atoms with Gasteiger partial charge in [-0.15, -0.1) is 0 Å². The van der Waals surface area contributed by atoms with Gasteiger partial charge < -0.3 is 15.1 Å². The molecule has 0 atom stereocenters. The highest BCUT2D eigenvalue weighted by Crippen LogP contribution is 2.14. The van der Waals surface area contributed by atoms with Crippen molar-refractivity contribution in [2.24, 2.45) is 0 Å². The van der Waals surface area contributed by atoms with Crippen molar-refractivity contribution < 1.29 is 22.2 Å². The van der Waals surface area contributed by atoms with E-state index in [1.54, 1.807) is 18.2 Å². The van der Waals surface area contributed by atoms with Gasteiger partial charge in [-0.05, 0) is 36.4 Å². The predicted octanol–water partition coefficient (Wildman–Crippen LogP) is 1.66. The summed E-state index contributed by atoms with van der Waals surface area (Å²) in [5.74, 6) is -0.0367. The maximum absolute atomic E-state index is 11.9. The SMILES string of the molecule is N#C/C(=C/Nc1ccc(S(=O)(=O)O)cc1)C(=O)NCc1ccco1. The Morgan fingerprint density at radius 2 is 2.00 bits per heavy atom. The van der Waals surface area contributed by atoms with Crippen molar-refractivity contribution in [3.8, 4) is 6.07 Å². The number of nitrogens with one attached hydrogen (secondary N) is 2. The average molecular weight is 347 g/mol. The number of benzene rings is 1. The molecule has 124 valence electrons. The van der Waals surface area contributed by atoms with Gasteiger partial charge in [0.05, 0.1) is 17.7 Å². The van der Waals surface area contributed by atoms with Crippen molar-refractivity contribution in [1.82, 2.24) is 5.32 Å². The maximum atomic E-state index is 11.9.